The molecule has 1 aromatic carbocycles. The summed E-state index contributed by atoms with van der Waals surface area (Å²) in [6.07, 6.45) is 0. The number of carbonyl (C=O) groups is 1. The van der Waals surface area contributed by atoms with E-state index in [2.05, 4.69) is 0 Å². The highest BCUT2D eigenvalue weighted by Crippen LogP contribution is 2.26. The predicted molar refractivity (Wildman–Crippen MR) is 75.9 cm³/mol. The predicted octanol–water partition coefficient (Wildman–Crippen LogP) is 2.59. The lowest BCUT2D eigenvalue weighted by Gasteiger charge is -2.09. The first-order valence-electron chi connectivity index (χ1n) is 5.90. The maximum Gasteiger partial charge on any atom is 0.323 e. The highest BCUT2D eigenvalue weighted by molar-refractivity contribution is 7.09. The molecule has 0 saturated carbocycles. The van der Waals surface area contributed by atoms with Gasteiger partial charge in [0, 0.05) is 4.88 Å². The van der Waals surface area contributed by atoms with Crippen molar-refractivity contribution >= 4 is 17.3 Å². The molecule has 0 spiro atoms. The van der Waals surface area contributed by atoms with Gasteiger partial charge in [0.1, 0.15) is 6.54 Å². The summed E-state index contributed by atoms with van der Waals surface area (Å²) >= 11 is 1.09. The van der Waals surface area contributed by atoms with Crippen molar-refractivity contribution in [3.63, 3.8) is 0 Å². The first-order valence-corrected chi connectivity index (χ1v) is 6.71. The van der Waals surface area contributed by atoms with Gasteiger partial charge in [-0.3, -0.25) is 14.2 Å². The van der Waals surface area contributed by atoms with E-state index in [1.165, 1.54) is 10.1 Å². The number of aromatic nitrogens is 1. The lowest BCUT2D eigenvalue weighted by molar-refractivity contribution is -0.137. The van der Waals surface area contributed by atoms with Crippen LogP contribution in [-0.2, 0) is 11.3 Å². The molecule has 5 heteroatoms. The van der Waals surface area contributed by atoms with Gasteiger partial charge >= 0.3 is 10.8 Å². The zero-order valence-corrected chi connectivity index (χ0v) is 11.9. The van der Waals surface area contributed by atoms with Gasteiger partial charge in [-0.05, 0) is 43.5 Å². The summed E-state index contributed by atoms with van der Waals surface area (Å²) in [6, 6.07) is 5.90. The minimum Gasteiger partial charge on any atom is -0.480 e. The van der Waals surface area contributed by atoms with Crippen LogP contribution in [0.4, 0.5) is 0 Å². The summed E-state index contributed by atoms with van der Waals surface area (Å²) in [6.45, 7) is 5.56. The third-order valence-electron chi connectivity index (χ3n) is 3.14. The fourth-order valence-corrected chi connectivity index (χ4v) is 2.90. The van der Waals surface area contributed by atoms with Gasteiger partial charge in [0.15, 0.2) is 0 Å². The van der Waals surface area contributed by atoms with E-state index in [4.69, 9.17) is 5.11 Å². The molecule has 0 aliphatic carbocycles. The van der Waals surface area contributed by atoms with Gasteiger partial charge in [-0.1, -0.05) is 23.5 Å². The molecule has 0 bridgehead atoms. The van der Waals surface area contributed by atoms with Gasteiger partial charge in [-0.25, -0.2) is 0 Å². The van der Waals surface area contributed by atoms with Crippen LogP contribution in [-0.4, -0.2) is 15.6 Å². The number of aryl methyl sites for hydroxylation is 3. The van der Waals surface area contributed by atoms with E-state index in [1.807, 2.05) is 39.0 Å². The Bertz CT molecular complexity index is 697. The number of rotatable bonds is 3. The molecule has 1 N–H and O–H groups in total. The van der Waals surface area contributed by atoms with Gasteiger partial charge < -0.3 is 5.11 Å². The fourth-order valence-electron chi connectivity index (χ4n) is 2.04. The van der Waals surface area contributed by atoms with Crippen molar-refractivity contribution in [3.8, 4) is 11.3 Å². The lowest BCUT2D eigenvalue weighted by Crippen LogP contribution is -2.19. The zero-order chi connectivity index (χ0) is 14.2. The smallest absolute Gasteiger partial charge is 0.323 e. The second kappa shape index (κ2) is 5.01. The molecule has 19 heavy (non-hydrogen) atoms. The monoisotopic (exact) mass is 277 g/mol. The molecule has 1 aromatic heterocycles. The van der Waals surface area contributed by atoms with Crippen LogP contribution < -0.4 is 4.87 Å². The molecule has 1 heterocycles. The van der Waals surface area contributed by atoms with Crippen LogP contribution in [0.1, 0.15) is 16.0 Å². The molecule has 0 radical (unpaired) electrons. The molecule has 4 nitrogen and oxygen atoms in total. The van der Waals surface area contributed by atoms with E-state index >= 15 is 0 Å². The molecule has 2 aromatic rings. The van der Waals surface area contributed by atoms with Crippen molar-refractivity contribution < 1.29 is 9.90 Å². The number of hydrogen-bond acceptors (Lipinski definition) is 3. The molecular weight excluding hydrogens is 262 g/mol. The number of carboxylic acids is 1. The van der Waals surface area contributed by atoms with Crippen LogP contribution in [0.25, 0.3) is 11.3 Å². The molecule has 0 fully saturated rings. The summed E-state index contributed by atoms with van der Waals surface area (Å²) in [7, 11) is 0. The highest BCUT2D eigenvalue weighted by Gasteiger charge is 2.16. The summed E-state index contributed by atoms with van der Waals surface area (Å²) < 4.78 is 1.33. The summed E-state index contributed by atoms with van der Waals surface area (Å²) in [5, 5.41) is 8.92. The van der Waals surface area contributed by atoms with Crippen LogP contribution in [0.15, 0.2) is 23.0 Å². The number of thiazole rings is 1. The van der Waals surface area contributed by atoms with Crippen molar-refractivity contribution in [1.82, 2.24) is 4.57 Å². The Morgan fingerprint density at radius 3 is 2.53 bits per heavy atom. The molecule has 0 unspecified atom stereocenters. The van der Waals surface area contributed by atoms with E-state index in [9.17, 15) is 9.59 Å². The topological polar surface area (TPSA) is 59.3 Å². The van der Waals surface area contributed by atoms with Gasteiger partial charge in [0.25, 0.3) is 0 Å². The van der Waals surface area contributed by atoms with Crippen LogP contribution >= 0.6 is 11.3 Å². The normalized spacial score (nSPS) is 10.7. The van der Waals surface area contributed by atoms with Crippen molar-refractivity contribution in [2.45, 2.75) is 27.3 Å². The fraction of sp³-hybridized carbons (Fsp3) is 0.286. The maximum absolute atomic E-state index is 11.8. The number of hydrogen-bond donors (Lipinski definition) is 1. The molecule has 0 aliphatic heterocycles. The Morgan fingerprint density at radius 1 is 1.26 bits per heavy atom. The minimum atomic E-state index is -1.01. The number of carboxylic acid groups (broad SMARTS) is 1. The van der Waals surface area contributed by atoms with Gasteiger partial charge in [0.05, 0.1) is 5.69 Å². The van der Waals surface area contributed by atoms with Crippen molar-refractivity contribution in [3.05, 3.63) is 43.9 Å². The van der Waals surface area contributed by atoms with E-state index in [1.54, 1.807) is 0 Å². The number of nitrogens with zero attached hydrogens (tertiary/aromatic N) is 1. The van der Waals surface area contributed by atoms with Gasteiger partial charge in [-0.15, -0.1) is 0 Å². The summed E-state index contributed by atoms with van der Waals surface area (Å²) in [5.74, 6) is -1.01. The Morgan fingerprint density at radius 2 is 1.95 bits per heavy atom. The second-order valence-corrected chi connectivity index (χ2v) is 5.72. The van der Waals surface area contributed by atoms with Crippen molar-refractivity contribution in [1.29, 1.82) is 0 Å². The number of benzene rings is 1. The first kappa shape index (κ1) is 13.5. The van der Waals surface area contributed by atoms with E-state index in [0.29, 0.717) is 5.69 Å². The van der Waals surface area contributed by atoms with E-state index < -0.39 is 5.97 Å². The Balaban J connectivity index is 2.63. The third-order valence-corrected chi connectivity index (χ3v) is 4.03. The lowest BCUT2D eigenvalue weighted by atomic mass is 10.0. The molecule has 2 rings (SSSR count). The average molecular weight is 277 g/mol. The third kappa shape index (κ3) is 2.61. The van der Waals surface area contributed by atoms with Crippen LogP contribution in [0.2, 0.25) is 0 Å². The second-order valence-electron chi connectivity index (χ2n) is 4.55. The van der Waals surface area contributed by atoms with E-state index in [-0.39, 0.29) is 11.4 Å². The largest absolute Gasteiger partial charge is 0.480 e. The van der Waals surface area contributed by atoms with Crippen LogP contribution in [0.5, 0.6) is 0 Å². The number of aliphatic carboxylic acids is 1. The molecule has 0 atom stereocenters. The maximum atomic E-state index is 11.8. The molecule has 0 amide bonds. The van der Waals surface area contributed by atoms with Gasteiger partial charge in [-0.2, -0.15) is 0 Å². The molecular formula is C14H15NO3S. The Labute approximate surface area is 115 Å². The van der Waals surface area contributed by atoms with Crippen LogP contribution in [0.3, 0.4) is 0 Å². The minimum absolute atomic E-state index is 0.229. The summed E-state index contributed by atoms with van der Waals surface area (Å²) in [4.78, 5) is 23.3. The Hall–Kier alpha value is -1.88. The van der Waals surface area contributed by atoms with Crippen molar-refractivity contribution in [2.24, 2.45) is 0 Å². The van der Waals surface area contributed by atoms with E-state index in [0.717, 1.165) is 27.3 Å². The van der Waals surface area contributed by atoms with Gasteiger partial charge in [0.2, 0.25) is 0 Å². The average Bonchev–Trinajstić information content (AvgIpc) is 2.57. The SMILES string of the molecule is Cc1ccc(-c2c(C)sc(=O)n2CC(=O)O)cc1C. The highest BCUT2D eigenvalue weighted by atomic mass is 32.1. The van der Waals surface area contributed by atoms with Crippen molar-refractivity contribution in [2.75, 3.05) is 0 Å². The summed E-state index contributed by atoms with van der Waals surface area (Å²) in [5.41, 5.74) is 3.89. The zero-order valence-electron chi connectivity index (χ0n) is 11.1. The Kier molecular flexibility index (Phi) is 3.57. The standard InChI is InChI=1S/C14H15NO3S/c1-8-4-5-11(6-9(8)2)13-10(3)19-14(18)15(13)7-12(16)17/h4-6H,7H2,1-3H3,(H,16,17). The molecule has 0 saturated heterocycles. The first-order chi connectivity index (χ1) is 8.90. The molecule has 100 valence electrons. The molecule has 0 aliphatic rings. The quantitative estimate of drug-likeness (QED) is 0.938. The van der Waals surface area contributed by atoms with Crippen LogP contribution in [0, 0.1) is 20.8 Å².